The Hall–Kier alpha value is -10.0. The number of nitrogens with zero attached hydrogens (tertiary/aromatic N) is 3. The number of hydrogen-bond acceptors (Lipinski definition) is 4. The van der Waals surface area contributed by atoms with E-state index in [-0.39, 0.29) is 59.4 Å². The van der Waals surface area contributed by atoms with Crippen molar-refractivity contribution in [3.05, 3.63) is 283 Å². The second-order valence-electron chi connectivity index (χ2n) is 27.3. The van der Waals surface area contributed by atoms with Gasteiger partial charge in [-0.3, -0.25) is 0 Å². The van der Waals surface area contributed by atoms with Gasteiger partial charge in [-0.1, -0.05) is 237 Å². The fraction of sp³-hybridized carbons (Fsp3) is 0.133. The molecule has 0 aromatic heterocycles. The van der Waals surface area contributed by atoms with E-state index in [0.717, 1.165) is 95.8 Å². The molecule has 1 aliphatic carbocycles. The molecule has 89 heavy (non-hydrogen) atoms. The molecule has 0 saturated heterocycles. The summed E-state index contributed by atoms with van der Waals surface area (Å²) in [6.45, 7) is 18.0. The third-order valence-electron chi connectivity index (χ3n) is 19.6. The minimum atomic E-state index is -0.419. The van der Waals surface area contributed by atoms with Crippen LogP contribution in [0, 0.1) is 0 Å². The molecule has 0 N–H and O–H groups in total. The Morgan fingerprint density at radius 1 is 0.360 bits per heavy atom. The van der Waals surface area contributed by atoms with Gasteiger partial charge in [0.05, 0.1) is 6.85 Å². The average molecular weight is 1150 g/mol. The average Bonchev–Trinajstić information content (AvgIpc) is 0.755. The molecule has 4 heterocycles. The van der Waals surface area contributed by atoms with Gasteiger partial charge < -0.3 is 19.4 Å². The van der Waals surface area contributed by atoms with Crippen LogP contribution in [0.3, 0.4) is 0 Å². The van der Waals surface area contributed by atoms with Gasteiger partial charge in [-0.15, -0.1) is 0 Å². The quantitative estimate of drug-likeness (QED) is 0.154. The lowest BCUT2D eigenvalue weighted by molar-refractivity contribution is 0.487. The van der Waals surface area contributed by atoms with Crippen molar-refractivity contribution in [2.24, 2.45) is 0 Å². The first-order valence-corrected chi connectivity index (χ1v) is 31.2. The number of hydrogen-bond donors (Lipinski definition) is 0. The molecule has 0 fully saturated rings. The molecule has 426 valence electrons. The van der Waals surface area contributed by atoms with Gasteiger partial charge in [0.15, 0.2) is 0 Å². The van der Waals surface area contributed by atoms with Gasteiger partial charge in [-0.05, 0) is 189 Å². The maximum atomic E-state index is 9.08. The van der Waals surface area contributed by atoms with Crippen molar-refractivity contribution in [2.45, 2.75) is 71.6 Å². The fourth-order valence-electron chi connectivity index (χ4n) is 15.4. The van der Waals surface area contributed by atoms with E-state index in [1.54, 1.807) is 0 Å². The van der Waals surface area contributed by atoms with E-state index < -0.39 is 6.04 Å². The molecule has 0 unspecified atom stereocenters. The van der Waals surface area contributed by atoms with Crippen molar-refractivity contribution in [1.82, 2.24) is 0 Å². The normalized spacial score (nSPS) is 15.1. The van der Waals surface area contributed by atoms with Gasteiger partial charge in [-0.25, -0.2) is 0 Å². The predicted molar refractivity (Wildman–Crippen MR) is 378 cm³/mol. The largest absolute Gasteiger partial charge is 0.458 e. The van der Waals surface area contributed by atoms with Gasteiger partial charge in [0.1, 0.15) is 11.5 Å². The molecule has 0 spiro atoms. The third-order valence-corrected chi connectivity index (χ3v) is 19.6. The Kier molecular flexibility index (Phi) is 10.5. The van der Waals surface area contributed by atoms with E-state index >= 15 is 0 Å². The zero-order valence-corrected chi connectivity index (χ0v) is 51.3. The lowest BCUT2D eigenvalue weighted by Gasteiger charge is -2.46. The summed E-state index contributed by atoms with van der Waals surface area (Å²) in [6, 6.07) is 82.9. The van der Waals surface area contributed by atoms with Crippen molar-refractivity contribution < 1.29 is 11.6 Å². The first-order valence-electron chi connectivity index (χ1n) is 33.7. The summed E-state index contributed by atoms with van der Waals surface area (Å²) in [6.07, 6.45) is 0. The first kappa shape index (κ1) is 48.0. The van der Waals surface area contributed by atoms with Crippen LogP contribution in [0.2, 0.25) is 0 Å². The SMILES string of the molecule is [2H]c1c([2H])c([2H])c(-c2ccc(N3c4cc5c(cc4B4c6ccccc6Oc6cc(-c7cc(C(C)(C)C)cc(C(C)(C)C)c7)cc3c64)B3c4ccccc4N(c4ccccc4)c4cc(-c6cccc7c6C(C)(C)c6ccccc6-7)cc(c43)N5c3ccccc3)cc2)c([2H])c1[2H]. The number of anilines is 9. The number of fused-ring (bicyclic) bond motifs is 11. The summed E-state index contributed by atoms with van der Waals surface area (Å²) in [5.74, 6) is 1.60. The molecule has 17 rings (SSSR count). The van der Waals surface area contributed by atoms with Crippen LogP contribution in [0.15, 0.2) is 261 Å². The number of para-hydroxylation sites is 4. The Morgan fingerprint density at radius 2 is 0.876 bits per heavy atom. The van der Waals surface area contributed by atoms with Crippen molar-refractivity contribution in [3.8, 4) is 56.0 Å². The Morgan fingerprint density at radius 3 is 1.54 bits per heavy atom. The molecule has 12 aromatic rings. The highest BCUT2D eigenvalue weighted by Gasteiger charge is 2.49. The zero-order valence-electron chi connectivity index (χ0n) is 56.3. The number of benzene rings is 12. The molecule has 0 amide bonds. The zero-order chi connectivity index (χ0) is 64.6. The van der Waals surface area contributed by atoms with Crippen molar-refractivity contribution in [1.29, 1.82) is 0 Å². The standard InChI is InChI=1S/C83H67B2N3O/c1-81(2,3)57-43-54(44-58(49-57)82(4,5)6)55-45-75-80-77(48-55)89-76-38-23-21-36-67(76)85(80)69-50-68-71(51-72(69)88(75)61-41-39-53(40-42-61)52-25-12-9-13-26-52)87(60-29-16-11-17-30-60)74-47-56(62-32-24-33-64-63-31-18-19-34-65(63)83(7,8)78(62)64)46-73-79(74)84(68)66-35-20-22-37-70(66)86(73)59-27-14-10-15-28-59/h9-51H,1-8H3/i9D,12D,13D,25D,26D. The topological polar surface area (TPSA) is 19.0 Å². The van der Waals surface area contributed by atoms with Gasteiger partial charge >= 0.3 is 0 Å². The molecule has 4 aliphatic heterocycles. The summed E-state index contributed by atoms with van der Waals surface area (Å²) in [5, 5.41) is 0. The van der Waals surface area contributed by atoms with Gasteiger partial charge in [0, 0.05) is 56.6 Å². The van der Waals surface area contributed by atoms with Crippen molar-refractivity contribution in [3.63, 3.8) is 0 Å². The Bertz CT molecular complexity index is 5150. The predicted octanol–water partition coefficient (Wildman–Crippen LogP) is 18.1. The van der Waals surface area contributed by atoms with Crippen LogP contribution < -0.4 is 52.2 Å². The molecular formula is C83H67B2N3O. The molecule has 6 heteroatoms. The Labute approximate surface area is 531 Å². The number of ether oxygens (including phenoxy) is 1. The molecular weight excluding hydrogens is 1080 g/mol. The van der Waals surface area contributed by atoms with Gasteiger partial charge in [-0.2, -0.15) is 0 Å². The highest BCUT2D eigenvalue weighted by molar-refractivity contribution is 7.02. The van der Waals surface area contributed by atoms with Crippen molar-refractivity contribution in [2.75, 3.05) is 14.7 Å². The van der Waals surface area contributed by atoms with Crippen LogP contribution in [-0.2, 0) is 16.2 Å². The lowest BCUT2D eigenvalue weighted by atomic mass is 9.30. The van der Waals surface area contributed by atoms with E-state index in [0.29, 0.717) is 5.56 Å². The number of rotatable bonds is 6. The van der Waals surface area contributed by atoms with Crippen molar-refractivity contribution >= 4 is 97.4 Å². The van der Waals surface area contributed by atoms with Crippen LogP contribution in [0.5, 0.6) is 11.5 Å². The minimum absolute atomic E-state index is 0.141. The molecule has 0 radical (unpaired) electrons. The summed E-state index contributed by atoms with van der Waals surface area (Å²) in [7, 11) is 0. The maximum Gasteiger partial charge on any atom is 0.256 e. The van der Waals surface area contributed by atoms with E-state index in [9.17, 15) is 0 Å². The van der Waals surface area contributed by atoms with E-state index in [1.165, 1.54) is 55.3 Å². The summed E-state index contributed by atoms with van der Waals surface area (Å²) in [5.41, 5.74) is 28.4. The second kappa shape index (κ2) is 19.5. The molecule has 0 atom stereocenters. The van der Waals surface area contributed by atoms with Gasteiger partial charge in [0.25, 0.3) is 13.4 Å². The summed E-state index contributed by atoms with van der Waals surface area (Å²) >= 11 is 0. The lowest BCUT2D eigenvalue weighted by Crippen LogP contribution is -2.64. The van der Waals surface area contributed by atoms with Crippen LogP contribution >= 0.6 is 0 Å². The Balaban J connectivity index is 0.976. The summed E-state index contributed by atoms with van der Waals surface area (Å²) in [4.78, 5) is 7.42. The van der Waals surface area contributed by atoms with E-state index in [1.807, 2.05) is 24.3 Å². The van der Waals surface area contributed by atoms with Crippen LogP contribution in [0.25, 0.3) is 44.5 Å². The first-order chi connectivity index (χ1) is 45.2. The molecule has 5 aliphatic rings. The highest BCUT2D eigenvalue weighted by Crippen LogP contribution is 2.55. The highest BCUT2D eigenvalue weighted by atomic mass is 16.5. The minimum Gasteiger partial charge on any atom is -0.458 e. The third kappa shape index (κ3) is 8.15. The van der Waals surface area contributed by atoms with Crippen LogP contribution in [0.4, 0.5) is 51.2 Å². The fourth-order valence-corrected chi connectivity index (χ4v) is 15.4. The molecule has 12 aromatic carbocycles. The molecule has 4 nitrogen and oxygen atoms in total. The second-order valence-corrected chi connectivity index (χ2v) is 27.3. The monoisotopic (exact) mass is 1150 g/mol. The smallest absolute Gasteiger partial charge is 0.256 e. The van der Waals surface area contributed by atoms with Crippen LogP contribution in [-0.4, -0.2) is 13.4 Å². The van der Waals surface area contributed by atoms with Crippen LogP contribution in [0.1, 0.15) is 84.5 Å². The maximum absolute atomic E-state index is 9.08. The van der Waals surface area contributed by atoms with E-state index in [2.05, 4.69) is 276 Å². The molecule has 0 saturated carbocycles. The van der Waals surface area contributed by atoms with E-state index in [4.69, 9.17) is 11.6 Å². The summed E-state index contributed by atoms with van der Waals surface area (Å²) < 4.78 is 51.3. The molecule has 0 bridgehead atoms. The van der Waals surface area contributed by atoms with Gasteiger partial charge in [0.2, 0.25) is 0 Å².